The molecule has 0 bridgehead atoms. The molecule has 0 unspecified atom stereocenters. The second-order valence-corrected chi connectivity index (χ2v) is 6.44. The van der Waals surface area contributed by atoms with Crippen molar-refractivity contribution < 1.29 is 4.79 Å². The summed E-state index contributed by atoms with van der Waals surface area (Å²) in [5.41, 5.74) is 0.257. The molecule has 0 saturated carbocycles. The summed E-state index contributed by atoms with van der Waals surface area (Å²) in [7, 11) is 0. The number of carbonyl (C=O) groups is 1. The Morgan fingerprint density at radius 2 is 2.11 bits per heavy atom. The van der Waals surface area contributed by atoms with E-state index in [9.17, 15) is 4.79 Å². The molecule has 0 aliphatic carbocycles. The van der Waals surface area contributed by atoms with Crippen molar-refractivity contribution >= 4 is 29.7 Å². The van der Waals surface area contributed by atoms with E-state index in [4.69, 9.17) is 0 Å². The largest absolute Gasteiger partial charge is 0.351 e. The van der Waals surface area contributed by atoms with Gasteiger partial charge in [-0.15, -0.1) is 23.7 Å². The summed E-state index contributed by atoms with van der Waals surface area (Å²) < 4.78 is 0. The molecule has 2 rings (SSSR count). The summed E-state index contributed by atoms with van der Waals surface area (Å²) in [4.78, 5) is 13.9. The third kappa shape index (κ3) is 3.97. The van der Waals surface area contributed by atoms with E-state index >= 15 is 0 Å². The van der Waals surface area contributed by atoms with Crippen LogP contribution in [0.1, 0.15) is 34.3 Å². The van der Waals surface area contributed by atoms with Gasteiger partial charge in [-0.2, -0.15) is 0 Å². The van der Waals surface area contributed by atoms with Crippen molar-refractivity contribution in [1.29, 1.82) is 0 Å². The first-order chi connectivity index (χ1) is 8.09. The molecule has 0 aromatic carbocycles. The number of halogens is 1. The second-order valence-electron chi connectivity index (χ2n) is 5.15. The second kappa shape index (κ2) is 6.55. The van der Waals surface area contributed by atoms with E-state index < -0.39 is 0 Å². The standard InChI is InChI=1S/C13H20N2OS.ClH/c1-10-3-4-11(17-10)12(16)15-9-13(2)5-7-14-8-6-13;/h3-4,14H,5-9H2,1-2H3,(H,15,16);1H. The van der Waals surface area contributed by atoms with E-state index in [1.807, 2.05) is 19.1 Å². The highest BCUT2D eigenvalue weighted by atomic mass is 35.5. The molecular formula is C13H21ClN2OS. The number of nitrogens with one attached hydrogen (secondary N) is 2. The van der Waals surface area contributed by atoms with Crippen molar-refractivity contribution in [2.75, 3.05) is 19.6 Å². The Kier molecular flexibility index (Phi) is 5.63. The lowest BCUT2D eigenvalue weighted by Gasteiger charge is -2.34. The number of aryl methyl sites for hydroxylation is 1. The Bertz CT molecular complexity index is 399. The van der Waals surface area contributed by atoms with Crippen molar-refractivity contribution in [3.8, 4) is 0 Å². The lowest BCUT2D eigenvalue weighted by Crippen LogP contribution is -2.42. The third-order valence-electron chi connectivity index (χ3n) is 3.45. The highest BCUT2D eigenvalue weighted by molar-refractivity contribution is 7.13. The minimum atomic E-state index is 0. The first-order valence-electron chi connectivity index (χ1n) is 6.14. The van der Waals surface area contributed by atoms with Crippen LogP contribution in [0, 0.1) is 12.3 Å². The summed E-state index contributed by atoms with van der Waals surface area (Å²) in [5, 5.41) is 6.42. The van der Waals surface area contributed by atoms with E-state index in [0.717, 1.165) is 37.4 Å². The number of amides is 1. The summed E-state index contributed by atoms with van der Waals surface area (Å²) in [6.45, 7) is 7.18. The van der Waals surface area contributed by atoms with Crippen LogP contribution in [0.3, 0.4) is 0 Å². The zero-order chi connectivity index (χ0) is 12.3. The van der Waals surface area contributed by atoms with Crippen LogP contribution in [0.15, 0.2) is 12.1 Å². The summed E-state index contributed by atoms with van der Waals surface area (Å²) in [6, 6.07) is 3.89. The van der Waals surface area contributed by atoms with E-state index in [1.165, 1.54) is 4.88 Å². The summed E-state index contributed by atoms with van der Waals surface area (Å²) in [6.07, 6.45) is 2.27. The van der Waals surface area contributed by atoms with Gasteiger partial charge in [0.15, 0.2) is 0 Å². The van der Waals surface area contributed by atoms with Gasteiger partial charge in [-0.05, 0) is 50.4 Å². The van der Waals surface area contributed by atoms with Crippen molar-refractivity contribution in [3.05, 3.63) is 21.9 Å². The van der Waals surface area contributed by atoms with Crippen LogP contribution in [0.4, 0.5) is 0 Å². The lowest BCUT2D eigenvalue weighted by molar-refractivity contribution is 0.0926. The van der Waals surface area contributed by atoms with E-state index in [2.05, 4.69) is 17.6 Å². The van der Waals surface area contributed by atoms with Crippen molar-refractivity contribution in [2.24, 2.45) is 5.41 Å². The molecule has 0 atom stereocenters. The highest BCUT2D eigenvalue weighted by Gasteiger charge is 2.27. The molecule has 1 aromatic heterocycles. The number of piperidine rings is 1. The predicted octanol–water partition coefficient (Wildman–Crippen LogP) is 2.60. The maximum atomic E-state index is 11.9. The van der Waals surface area contributed by atoms with Gasteiger partial charge in [0, 0.05) is 11.4 Å². The zero-order valence-electron chi connectivity index (χ0n) is 10.9. The zero-order valence-corrected chi connectivity index (χ0v) is 12.5. The average Bonchev–Trinajstić information content (AvgIpc) is 2.74. The number of hydrogen-bond acceptors (Lipinski definition) is 3. The van der Waals surface area contributed by atoms with Crippen molar-refractivity contribution in [1.82, 2.24) is 10.6 Å². The Labute approximate surface area is 119 Å². The Morgan fingerprint density at radius 3 is 2.67 bits per heavy atom. The van der Waals surface area contributed by atoms with Gasteiger partial charge in [0.05, 0.1) is 4.88 Å². The topological polar surface area (TPSA) is 41.1 Å². The number of rotatable bonds is 3. The molecular weight excluding hydrogens is 268 g/mol. The van der Waals surface area contributed by atoms with Gasteiger partial charge < -0.3 is 10.6 Å². The van der Waals surface area contributed by atoms with Gasteiger partial charge in [0.2, 0.25) is 0 Å². The molecule has 1 aromatic rings. The van der Waals surface area contributed by atoms with Gasteiger partial charge in [-0.1, -0.05) is 6.92 Å². The first-order valence-corrected chi connectivity index (χ1v) is 6.96. The van der Waals surface area contributed by atoms with Crippen LogP contribution in [-0.4, -0.2) is 25.5 Å². The number of thiophene rings is 1. The molecule has 5 heteroatoms. The molecule has 3 nitrogen and oxygen atoms in total. The lowest BCUT2D eigenvalue weighted by atomic mass is 9.81. The fourth-order valence-corrected chi connectivity index (χ4v) is 2.93. The molecule has 1 amide bonds. The molecule has 1 fully saturated rings. The SMILES string of the molecule is Cc1ccc(C(=O)NCC2(C)CCNCC2)s1.Cl. The fourth-order valence-electron chi connectivity index (χ4n) is 2.14. The van der Waals surface area contributed by atoms with Gasteiger partial charge in [-0.25, -0.2) is 0 Å². The van der Waals surface area contributed by atoms with Gasteiger partial charge in [0.1, 0.15) is 0 Å². The average molecular weight is 289 g/mol. The van der Waals surface area contributed by atoms with Gasteiger partial charge in [-0.3, -0.25) is 4.79 Å². The van der Waals surface area contributed by atoms with Crippen LogP contribution in [0.2, 0.25) is 0 Å². The van der Waals surface area contributed by atoms with Gasteiger partial charge >= 0.3 is 0 Å². The fraction of sp³-hybridized carbons (Fsp3) is 0.615. The normalized spacial score (nSPS) is 17.9. The Morgan fingerprint density at radius 1 is 1.44 bits per heavy atom. The molecule has 102 valence electrons. The Balaban J connectivity index is 0.00000162. The van der Waals surface area contributed by atoms with Crippen LogP contribution in [0.25, 0.3) is 0 Å². The summed E-state index contributed by atoms with van der Waals surface area (Å²) in [5.74, 6) is 0.0721. The van der Waals surface area contributed by atoms with Gasteiger partial charge in [0.25, 0.3) is 5.91 Å². The van der Waals surface area contributed by atoms with Crippen molar-refractivity contribution in [3.63, 3.8) is 0 Å². The number of carbonyl (C=O) groups excluding carboxylic acids is 1. The van der Waals surface area contributed by atoms with E-state index in [0.29, 0.717) is 0 Å². The van der Waals surface area contributed by atoms with Crippen LogP contribution in [0.5, 0.6) is 0 Å². The smallest absolute Gasteiger partial charge is 0.261 e. The monoisotopic (exact) mass is 288 g/mol. The maximum absolute atomic E-state index is 11.9. The quantitative estimate of drug-likeness (QED) is 0.898. The third-order valence-corrected chi connectivity index (χ3v) is 4.45. The highest BCUT2D eigenvalue weighted by Crippen LogP contribution is 2.27. The van der Waals surface area contributed by atoms with Crippen LogP contribution < -0.4 is 10.6 Å². The van der Waals surface area contributed by atoms with Crippen molar-refractivity contribution in [2.45, 2.75) is 26.7 Å². The molecule has 0 radical (unpaired) electrons. The molecule has 1 aliphatic rings. The molecule has 2 heterocycles. The molecule has 1 aliphatic heterocycles. The Hall–Kier alpha value is -0.580. The van der Waals surface area contributed by atoms with E-state index in [-0.39, 0.29) is 23.7 Å². The van der Waals surface area contributed by atoms with Crippen LogP contribution >= 0.6 is 23.7 Å². The number of hydrogen-bond donors (Lipinski definition) is 2. The first kappa shape index (κ1) is 15.5. The predicted molar refractivity (Wildman–Crippen MR) is 78.8 cm³/mol. The minimum Gasteiger partial charge on any atom is -0.351 e. The molecule has 1 saturated heterocycles. The van der Waals surface area contributed by atoms with E-state index in [1.54, 1.807) is 11.3 Å². The maximum Gasteiger partial charge on any atom is 0.261 e. The molecule has 0 spiro atoms. The van der Waals surface area contributed by atoms with Crippen LogP contribution in [-0.2, 0) is 0 Å². The minimum absolute atomic E-state index is 0. The molecule has 2 N–H and O–H groups in total. The summed E-state index contributed by atoms with van der Waals surface area (Å²) >= 11 is 1.56. The molecule has 18 heavy (non-hydrogen) atoms.